The van der Waals surface area contributed by atoms with Crippen molar-refractivity contribution < 1.29 is 5.11 Å². The number of aliphatic hydroxyl groups is 1. The van der Waals surface area contributed by atoms with Crippen LogP contribution in [0.4, 0.5) is 0 Å². The van der Waals surface area contributed by atoms with Crippen molar-refractivity contribution in [2.24, 2.45) is 5.92 Å². The van der Waals surface area contributed by atoms with Gasteiger partial charge in [-0.15, -0.1) is 0 Å². The van der Waals surface area contributed by atoms with Gasteiger partial charge in [-0.3, -0.25) is 4.68 Å². The second kappa shape index (κ2) is 6.37. The fourth-order valence-corrected chi connectivity index (χ4v) is 3.06. The molecule has 1 aromatic rings. The van der Waals surface area contributed by atoms with E-state index in [4.69, 9.17) is 5.10 Å². The second-order valence-corrected chi connectivity index (χ2v) is 5.97. The van der Waals surface area contributed by atoms with Gasteiger partial charge in [0, 0.05) is 6.20 Å². The first-order valence-electron chi connectivity index (χ1n) is 7.37. The molecular weight excluding hydrogens is 224 g/mol. The number of hydrogen-bond acceptors (Lipinski definition) is 2. The maximum absolute atomic E-state index is 9.38. The summed E-state index contributed by atoms with van der Waals surface area (Å²) in [6, 6.07) is 2.77. The van der Waals surface area contributed by atoms with Gasteiger partial charge < -0.3 is 5.11 Å². The number of aromatic nitrogens is 2. The molecule has 1 aliphatic rings. The summed E-state index contributed by atoms with van der Waals surface area (Å²) in [4.78, 5) is 0. The molecule has 1 saturated carbocycles. The van der Waals surface area contributed by atoms with E-state index < -0.39 is 0 Å². The molecule has 3 nitrogen and oxygen atoms in total. The fourth-order valence-electron chi connectivity index (χ4n) is 3.06. The molecule has 0 amide bonds. The van der Waals surface area contributed by atoms with Gasteiger partial charge in [0.05, 0.1) is 17.8 Å². The molecule has 2 rings (SSSR count). The first kappa shape index (κ1) is 13.6. The predicted octanol–water partition coefficient (Wildman–Crippen LogP) is 3.34. The molecule has 1 heterocycles. The van der Waals surface area contributed by atoms with Gasteiger partial charge >= 0.3 is 0 Å². The van der Waals surface area contributed by atoms with Gasteiger partial charge in [-0.05, 0) is 44.6 Å². The summed E-state index contributed by atoms with van der Waals surface area (Å²) in [5.74, 6) is 0.500. The van der Waals surface area contributed by atoms with E-state index in [1.807, 2.05) is 6.92 Å². The molecule has 1 N–H and O–H groups in total. The maximum Gasteiger partial charge on any atom is 0.0627 e. The molecule has 18 heavy (non-hydrogen) atoms. The van der Waals surface area contributed by atoms with Crippen LogP contribution in [-0.2, 0) is 6.42 Å². The van der Waals surface area contributed by atoms with E-state index in [1.54, 1.807) is 0 Å². The lowest BCUT2D eigenvalue weighted by Gasteiger charge is -2.21. The Labute approximate surface area is 110 Å². The van der Waals surface area contributed by atoms with Gasteiger partial charge in [-0.25, -0.2) is 0 Å². The minimum absolute atomic E-state index is 0.208. The van der Waals surface area contributed by atoms with Crippen LogP contribution in [0, 0.1) is 5.92 Å². The number of hydrogen-bond donors (Lipinski definition) is 1. The van der Waals surface area contributed by atoms with Gasteiger partial charge in [0.2, 0.25) is 0 Å². The van der Waals surface area contributed by atoms with Crippen molar-refractivity contribution in [3.05, 3.63) is 18.0 Å². The minimum atomic E-state index is -0.208. The molecule has 0 spiro atoms. The van der Waals surface area contributed by atoms with Crippen LogP contribution in [0.5, 0.6) is 0 Å². The van der Waals surface area contributed by atoms with E-state index >= 15 is 0 Å². The lowest BCUT2D eigenvalue weighted by molar-refractivity contribution is 0.163. The lowest BCUT2D eigenvalue weighted by Crippen LogP contribution is -2.14. The van der Waals surface area contributed by atoms with Crippen LogP contribution < -0.4 is 0 Å². The highest BCUT2D eigenvalue weighted by molar-refractivity contribution is 5.01. The molecule has 1 fully saturated rings. The monoisotopic (exact) mass is 250 g/mol. The zero-order valence-electron chi connectivity index (χ0n) is 11.7. The number of rotatable bonds is 5. The van der Waals surface area contributed by atoms with Gasteiger partial charge in [-0.2, -0.15) is 5.10 Å². The van der Waals surface area contributed by atoms with Gasteiger partial charge in [0.1, 0.15) is 0 Å². The second-order valence-electron chi connectivity index (χ2n) is 5.97. The van der Waals surface area contributed by atoms with Crippen molar-refractivity contribution in [3.8, 4) is 0 Å². The highest BCUT2D eigenvalue weighted by Gasteiger charge is 2.16. The van der Waals surface area contributed by atoms with Crippen LogP contribution in [-0.4, -0.2) is 21.0 Å². The Kier molecular flexibility index (Phi) is 4.81. The standard InChI is InChI=1S/C15H26N2O/c1-12(10-13(2)18)11-14-8-9-17(16-14)15-6-4-3-5-7-15/h8-9,12-13,15,18H,3-7,10-11H2,1-2H3. The zero-order valence-corrected chi connectivity index (χ0v) is 11.7. The molecule has 102 valence electrons. The van der Waals surface area contributed by atoms with Crippen LogP contribution >= 0.6 is 0 Å². The third-order valence-electron chi connectivity index (χ3n) is 3.91. The molecule has 0 saturated heterocycles. The molecule has 2 unspecified atom stereocenters. The van der Waals surface area contributed by atoms with Crippen molar-refractivity contribution >= 4 is 0 Å². The highest BCUT2D eigenvalue weighted by atomic mass is 16.3. The maximum atomic E-state index is 9.38. The Bertz CT molecular complexity index is 353. The summed E-state index contributed by atoms with van der Waals surface area (Å²) < 4.78 is 2.17. The Balaban J connectivity index is 1.89. The van der Waals surface area contributed by atoms with Gasteiger partial charge in [0.15, 0.2) is 0 Å². The molecule has 1 aromatic heterocycles. The summed E-state index contributed by atoms with van der Waals surface area (Å²) in [6.45, 7) is 4.05. The average molecular weight is 250 g/mol. The Hall–Kier alpha value is -0.830. The van der Waals surface area contributed by atoms with Crippen molar-refractivity contribution in [2.45, 2.75) is 70.9 Å². The molecule has 3 heteroatoms. The zero-order chi connectivity index (χ0) is 13.0. The lowest BCUT2D eigenvalue weighted by atomic mass is 9.96. The largest absolute Gasteiger partial charge is 0.393 e. The van der Waals surface area contributed by atoms with E-state index in [1.165, 1.54) is 37.8 Å². The molecule has 1 aliphatic carbocycles. The smallest absolute Gasteiger partial charge is 0.0627 e. The third kappa shape index (κ3) is 3.84. The van der Waals surface area contributed by atoms with Crippen LogP contribution in [0.2, 0.25) is 0 Å². The Morgan fingerprint density at radius 3 is 2.72 bits per heavy atom. The van der Waals surface area contributed by atoms with E-state index in [9.17, 15) is 5.11 Å². The van der Waals surface area contributed by atoms with Crippen LogP contribution in [0.25, 0.3) is 0 Å². The molecule has 0 aliphatic heterocycles. The average Bonchev–Trinajstić information content (AvgIpc) is 2.77. The van der Waals surface area contributed by atoms with Gasteiger partial charge in [0.25, 0.3) is 0 Å². The first-order chi connectivity index (χ1) is 8.65. The molecule has 0 radical (unpaired) electrons. The van der Waals surface area contributed by atoms with Crippen molar-refractivity contribution in [1.82, 2.24) is 9.78 Å². The molecule has 0 aromatic carbocycles. The van der Waals surface area contributed by atoms with Crippen LogP contribution in [0.3, 0.4) is 0 Å². The van der Waals surface area contributed by atoms with Crippen molar-refractivity contribution in [3.63, 3.8) is 0 Å². The van der Waals surface area contributed by atoms with E-state index in [2.05, 4.69) is 23.9 Å². The summed E-state index contributed by atoms with van der Waals surface area (Å²) >= 11 is 0. The fraction of sp³-hybridized carbons (Fsp3) is 0.800. The number of nitrogens with zero attached hydrogens (tertiary/aromatic N) is 2. The molecular formula is C15H26N2O. The van der Waals surface area contributed by atoms with Gasteiger partial charge in [-0.1, -0.05) is 26.2 Å². The summed E-state index contributed by atoms with van der Waals surface area (Å²) in [5.41, 5.74) is 1.17. The van der Waals surface area contributed by atoms with E-state index in [0.717, 1.165) is 12.8 Å². The van der Waals surface area contributed by atoms with Crippen molar-refractivity contribution in [1.29, 1.82) is 0 Å². The topological polar surface area (TPSA) is 38.0 Å². The Morgan fingerprint density at radius 2 is 2.06 bits per heavy atom. The summed E-state index contributed by atoms with van der Waals surface area (Å²) in [5, 5.41) is 14.1. The molecule has 0 bridgehead atoms. The quantitative estimate of drug-likeness (QED) is 0.870. The summed E-state index contributed by atoms with van der Waals surface area (Å²) in [6.07, 6.45) is 10.4. The normalized spacial score (nSPS) is 20.8. The Morgan fingerprint density at radius 1 is 1.33 bits per heavy atom. The highest BCUT2D eigenvalue weighted by Crippen LogP contribution is 2.27. The van der Waals surface area contributed by atoms with Crippen LogP contribution in [0.15, 0.2) is 12.3 Å². The summed E-state index contributed by atoms with van der Waals surface area (Å²) in [7, 11) is 0. The van der Waals surface area contributed by atoms with E-state index in [-0.39, 0.29) is 6.10 Å². The first-order valence-corrected chi connectivity index (χ1v) is 7.37. The van der Waals surface area contributed by atoms with E-state index in [0.29, 0.717) is 12.0 Å². The SMILES string of the molecule is CC(O)CC(C)Cc1ccn(C2CCCCC2)n1. The number of aliphatic hydroxyl groups excluding tert-OH is 1. The third-order valence-corrected chi connectivity index (χ3v) is 3.91. The molecule has 2 atom stereocenters. The minimum Gasteiger partial charge on any atom is -0.393 e. The van der Waals surface area contributed by atoms with Crippen molar-refractivity contribution in [2.75, 3.05) is 0 Å². The van der Waals surface area contributed by atoms with Crippen LogP contribution in [0.1, 0.15) is 64.1 Å². The predicted molar refractivity (Wildman–Crippen MR) is 73.5 cm³/mol.